The van der Waals surface area contributed by atoms with Gasteiger partial charge in [-0.2, -0.15) is 0 Å². The van der Waals surface area contributed by atoms with Crippen molar-refractivity contribution < 1.29 is 23.9 Å². The number of carbonyl (C=O) groups is 4. The van der Waals surface area contributed by atoms with E-state index in [1.54, 1.807) is 13.1 Å². The van der Waals surface area contributed by atoms with Crippen LogP contribution in [0.5, 0.6) is 0 Å². The van der Waals surface area contributed by atoms with Gasteiger partial charge in [0.2, 0.25) is 17.7 Å². The molecule has 2 aliphatic rings. The van der Waals surface area contributed by atoms with Crippen LogP contribution < -0.4 is 16.0 Å². The number of pyridine rings is 1. The Bertz CT molecular complexity index is 1130. The molecule has 0 radical (unpaired) electrons. The van der Waals surface area contributed by atoms with Crippen LogP contribution in [-0.4, -0.2) is 95.9 Å². The molecule has 2 saturated heterocycles. The first-order valence-corrected chi connectivity index (χ1v) is 12.7. The quantitative estimate of drug-likeness (QED) is 0.492. The second kappa shape index (κ2) is 12.6. The van der Waals surface area contributed by atoms with Crippen molar-refractivity contribution in [2.45, 2.75) is 44.2 Å². The van der Waals surface area contributed by atoms with E-state index >= 15 is 0 Å². The van der Waals surface area contributed by atoms with E-state index in [2.05, 4.69) is 25.8 Å². The lowest BCUT2D eigenvalue weighted by molar-refractivity contribution is -0.150. The number of carbonyl (C=O) groups excluding carboxylic acids is 4. The van der Waals surface area contributed by atoms with Gasteiger partial charge in [0.15, 0.2) is 0 Å². The lowest BCUT2D eigenvalue weighted by Crippen LogP contribution is -2.58. The standard InChI is InChI=1S/C27H34N6O5/c1-18-25(35)29-13-21-15-33(14-20-10-6-7-11-28-20)16-23(38-21)26(36)31-22(12-19-8-4-3-5-9-19)27(37)32(2)17-24(34)30-18/h3-11,18,21-23H,12-17H2,1-2H3,(H,29,35)(H,30,34)(H,31,36)/t18-,21+,22-,23-/m1/s1. The van der Waals surface area contributed by atoms with Gasteiger partial charge in [-0.25, -0.2) is 0 Å². The average Bonchev–Trinajstić information content (AvgIpc) is 2.91. The molecule has 0 unspecified atom stereocenters. The molecule has 11 nitrogen and oxygen atoms in total. The molecule has 202 valence electrons. The molecule has 1 aromatic heterocycles. The topological polar surface area (TPSA) is 133 Å². The molecule has 0 spiro atoms. The number of fused-ring (bicyclic) bond motifs is 2. The van der Waals surface area contributed by atoms with Crippen LogP contribution in [0.3, 0.4) is 0 Å². The largest absolute Gasteiger partial charge is 0.361 e. The van der Waals surface area contributed by atoms with Gasteiger partial charge in [0.1, 0.15) is 18.2 Å². The highest BCUT2D eigenvalue weighted by Gasteiger charge is 2.36. The molecule has 3 N–H and O–H groups in total. The highest BCUT2D eigenvalue weighted by Crippen LogP contribution is 2.15. The molecule has 11 heteroatoms. The summed E-state index contributed by atoms with van der Waals surface area (Å²) in [4.78, 5) is 59.7. The Kier molecular flexibility index (Phi) is 9.03. The molecule has 4 atom stereocenters. The van der Waals surface area contributed by atoms with E-state index in [0.29, 0.717) is 19.6 Å². The van der Waals surface area contributed by atoms with Crippen molar-refractivity contribution in [3.05, 3.63) is 66.0 Å². The van der Waals surface area contributed by atoms with E-state index in [9.17, 15) is 19.2 Å². The maximum absolute atomic E-state index is 13.5. The summed E-state index contributed by atoms with van der Waals surface area (Å²) in [6, 6.07) is 13.3. The van der Waals surface area contributed by atoms with Gasteiger partial charge in [0, 0.05) is 45.8 Å². The van der Waals surface area contributed by atoms with Crippen molar-refractivity contribution in [2.24, 2.45) is 0 Å². The van der Waals surface area contributed by atoms with Gasteiger partial charge in [0.05, 0.1) is 18.3 Å². The van der Waals surface area contributed by atoms with Crippen LogP contribution >= 0.6 is 0 Å². The third kappa shape index (κ3) is 7.36. The molecular formula is C27H34N6O5. The second-order valence-corrected chi connectivity index (χ2v) is 9.74. The van der Waals surface area contributed by atoms with Gasteiger partial charge in [-0.05, 0) is 24.6 Å². The highest BCUT2D eigenvalue weighted by molar-refractivity contribution is 5.93. The summed E-state index contributed by atoms with van der Waals surface area (Å²) in [6.07, 6.45) is 0.617. The average molecular weight is 523 g/mol. The molecule has 1 aromatic carbocycles. The van der Waals surface area contributed by atoms with E-state index in [0.717, 1.165) is 11.3 Å². The van der Waals surface area contributed by atoms with Crippen LogP contribution in [0.2, 0.25) is 0 Å². The smallest absolute Gasteiger partial charge is 0.251 e. The number of hydrogen-bond donors (Lipinski definition) is 3. The first kappa shape index (κ1) is 27.2. The van der Waals surface area contributed by atoms with Crippen LogP contribution in [0, 0.1) is 0 Å². The van der Waals surface area contributed by atoms with Gasteiger partial charge >= 0.3 is 0 Å². The first-order chi connectivity index (χ1) is 18.3. The Labute approximate surface area is 221 Å². The van der Waals surface area contributed by atoms with Crippen molar-refractivity contribution in [2.75, 3.05) is 33.2 Å². The van der Waals surface area contributed by atoms with E-state index in [-0.39, 0.29) is 25.4 Å². The zero-order valence-corrected chi connectivity index (χ0v) is 21.6. The summed E-state index contributed by atoms with van der Waals surface area (Å²) in [5.41, 5.74) is 1.71. The Morgan fingerprint density at radius 2 is 1.74 bits per heavy atom. The number of nitrogens with one attached hydrogen (secondary N) is 3. The maximum Gasteiger partial charge on any atom is 0.251 e. The Hall–Kier alpha value is -3.83. The van der Waals surface area contributed by atoms with Crippen LogP contribution in [-0.2, 0) is 36.9 Å². The Morgan fingerprint density at radius 3 is 2.47 bits per heavy atom. The number of ether oxygens (including phenoxy) is 1. The van der Waals surface area contributed by atoms with E-state index in [4.69, 9.17) is 4.74 Å². The number of hydrogen-bond acceptors (Lipinski definition) is 7. The van der Waals surface area contributed by atoms with Gasteiger partial charge in [-0.15, -0.1) is 0 Å². The van der Waals surface area contributed by atoms with Crippen molar-refractivity contribution in [3.63, 3.8) is 0 Å². The van der Waals surface area contributed by atoms with Gasteiger partial charge in [0.25, 0.3) is 5.91 Å². The van der Waals surface area contributed by atoms with Crippen molar-refractivity contribution in [1.82, 2.24) is 30.7 Å². The monoisotopic (exact) mass is 522 g/mol. The molecular weight excluding hydrogens is 488 g/mol. The molecule has 4 amide bonds. The molecule has 2 fully saturated rings. The predicted octanol–water partition coefficient (Wildman–Crippen LogP) is -0.529. The summed E-state index contributed by atoms with van der Waals surface area (Å²) < 4.78 is 6.11. The second-order valence-electron chi connectivity index (χ2n) is 9.74. The molecule has 3 heterocycles. The van der Waals surface area contributed by atoms with Crippen molar-refractivity contribution in [1.29, 1.82) is 0 Å². The summed E-state index contributed by atoms with van der Waals surface area (Å²) in [6.45, 7) is 2.75. The fourth-order valence-electron chi connectivity index (χ4n) is 4.62. The number of morpholine rings is 1. The number of rotatable bonds is 4. The van der Waals surface area contributed by atoms with Crippen LogP contribution in [0.25, 0.3) is 0 Å². The minimum absolute atomic E-state index is 0.161. The van der Waals surface area contributed by atoms with E-state index in [1.807, 2.05) is 48.5 Å². The lowest BCUT2D eigenvalue weighted by atomic mass is 10.0. The number of likely N-dealkylation sites (N-methyl/N-ethyl adjacent to an activating group) is 1. The molecule has 2 aromatic rings. The fourth-order valence-corrected chi connectivity index (χ4v) is 4.62. The third-order valence-corrected chi connectivity index (χ3v) is 6.58. The SMILES string of the molecule is C[C@H]1NC(=O)CN(C)C(=O)[C@@H](Cc2ccccc2)NC(=O)[C@H]2CN(Cc3ccccn3)C[C@H](CNC1=O)O2. The Morgan fingerprint density at radius 1 is 0.974 bits per heavy atom. The fraction of sp³-hybridized carbons (Fsp3) is 0.444. The predicted molar refractivity (Wildman–Crippen MR) is 139 cm³/mol. The zero-order valence-electron chi connectivity index (χ0n) is 21.6. The van der Waals surface area contributed by atoms with Gasteiger partial charge in [-0.3, -0.25) is 29.1 Å². The van der Waals surface area contributed by atoms with Crippen LogP contribution in [0.15, 0.2) is 54.7 Å². The minimum atomic E-state index is -0.904. The molecule has 0 aliphatic carbocycles. The summed E-state index contributed by atoms with van der Waals surface area (Å²) in [5, 5.41) is 8.31. The van der Waals surface area contributed by atoms with Crippen LogP contribution in [0.4, 0.5) is 0 Å². The van der Waals surface area contributed by atoms with Crippen molar-refractivity contribution >= 4 is 23.6 Å². The summed E-state index contributed by atoms with van der Waals surface area (Å²) in [7, 11) is 1.50. The molecule has 2 aliphatic heterocycles. The van der Waals surface area contributed by atoms with E-state index < -0.39 is 42.0 Å². The Balaban J connectivity index is 1.59. The van der Waals surface area contributed by atoms with Crippen molar-refractivity contribution in [3.8, 4) is 0 Å². The normalized spacial score (nSPS) is 26.0. The first-order valence-electron chi connectivity index (χ1n) is 12.7. The molecule has 4 rings (SSSR count). The number of benzene rings is 1. The third-order valence-electron chi connectivity index (χ3n) is 6.58. The summed E-state index contributed by atoms with van der Waals surface area (Å²) >= 11 is 0. The summed E-state index contributed by atoms with van der Waals surface area (Å²) in [5.74, 6) is -1.69. The van der Waals surface area contributed by atoms with E-state index in [1.165, 1.54) is 11.9 Å². The molecule has 0 saturated carbocycles. The number of aromatic nitrogens is 1. The van der Waals surface area contributed by atoms with Gasteiger partial charge < -0.3 is 25.6 Å². The highest BCUT2D eigenvalue weighted by atomic mass is 16.5. The number of nitrogens with zero attached hydrogens (tertiary/aromatic N) is 3. The maximum atomic E-state index is 13.5. The minimum Gasteiger partial charge on any atom is -0.361 e. The van der Waals surface area contributed by atoms with Gasteiger partial charge in [-0.1, -0.05) is 36.4 Å². The zero-order chi connectivity index (χ0) is 27.1. The van der Waals surface area contributed by atoms with Crippen LogP contribution in [0.1, 0.15) is 18.2 Å². The molecule has 38 heavy (non-hydrogen) atoms. The lowest BCUT2D eigenvalue weighted by Gasteiger charge is -2.38. The number of amides is 4. The molecule has 2 bridgehead atoms.